The molecular weight excluding hydrogens is 342 g/mol. The summed E-state index contributed by atoms with van der Waals surface area (Å²) in [6.07, 6.45) is 4.57. The molecule has 2 aromatic carbocycles. The van der Waals surface area contributed by atoms with Crippen LogP contribution in [0.2, 0.25) is 0 Å². The van der Waals surface area contributed by atoms with Gasteiger partial charge in [-0.25, -0.2) is 0 Å². The molecule has 0 saturated heterocycles. The lowest BCUT2D eigenvalue weighted by Crippen LogP contribution is -2.01. The summed E-state index contributed by atoms with van der Waals surface area (Å²) in [6.45, 7) is 2.06. The van der Waals surface area contributed by atoms with E-state index in [1.54, 1.807) is 0 Å². The van der Waals surface area contributed by atoms with Crippen LogP contribution in [0.3, 0.4) is 0 Å². The van der Waals surface area contributed by atoms with Crippen molar-refractivity contribution in [2.75, 3.05) is 6.26 Å². The first-order valence-corrected chi connectivity index (χ1v) is 9.62. The standard InChI is InChI=1S/C20H19N5S/c1-14-17(16-10-6-7-11-18(16)22-14)13-21-25-19(23-24-20(25)26-2)12-15-8-4-3-5-9-15/h3-11,13,22H,12H2,1-2H3/b21-13-. The van der Waals surface area contributed by atoms with E-state index in [2.05, 4.69) is 46.4 Å². The molecule has 4 rings (SSSR count). The molecule has 0 saturated carbocycles. The molecule has 0 bridgehead atoms. The Kier molecular flexibility index (Phi) is 4.58. The normalized spacial score (nSPS) is 11.6. The molecule has 0 aliphatic heterocycles. The Morgan fingerprint density at radius 1 is 1.08 bits per heavy atom. The molecule has 0 radical (unpaired) electrons. The smallest absolute Gasteiger partial charge is 0.211 e. The molecule has 1 N–H and O–H groups in total. The molecule has 0 unspecified atom stereocenters. The number of para-hydroxylation sites is 1. The van der Waals surface area contributed by atoms with Gasteiger partial charge in [0, 0.05) is 28.6 Å². The zero-order valence-electron chi connectivity index (χ0n) is 14.7. The van der Waals surface area contributed by atoms with E-state index in [0.717, 1.165) is 33.1 Å². The minimum absolute atomic E-state index is 0.693. The number of nitrogens with one attached hydrogen (secondary N) is 1. The number of hydrogen-bond acceptors (Lipinski definition) is 4. The number of fused-ring (bicyclic) bond motifs is 1. The number of benzene rings is 2. The van der Waals surface area contributed by atoms with E-state index in [-0.39, 0.29) is 0 Å². The van der Waals surface area contributed by atoms with E-state index in [0.29, 0.717) is 6.42 Å². The van der Waals surface area contributed by atoms with Crippen LogP contribution in [0.15, 0.2) is 64.9 Å². The highest BCUT2D eigenvalue weighted by Crippen LogP contribution is 2.21. The van der Waals surface area contributed by atoms with Crippen LogP contribution in [0.4, 0.5) is 0 Å². The molecule has 2 heterocycles. The van der Waals surface area contributed by atoms with Gasteiger partial charge in [-0.15, -0.1) is 10.2 Å². The van der Waals surface area contributed by atoms with Gasteiger partial charge in [0.25, 0.3) is 0 Å². The fourth-order valence-electron chi connectivity index (χ4n) is 3.01. The Labute approximate surface area is 156 Å². The van der Waals surface area contributed by atoms with Crippen molar-refractivity contribution in [1.82, 2.24) is 19.9 Å². The predicted octanol–water partition coefficient (Wildman–Crippen LogP) is 4.26. The minimum atomic E-state index is 0.693. The highest BCUT2D eigenvalue weighted by atomic mass is 32.2. The van der Waals surface area contributed by atoms with Crippen LogP contribution in [0.5, 0.6) is 0 Å². The SMILES string of the molecule is CSc1nnc(Cc2ccccc2)n1/N=C\c1c(C)[nH]c2ccccc12. The highest BCUT2D eigenvalue weighted by molar-refractivity contribution is 7.98. The van der Waals surface area contributed by atoms with Crippen LogP contribution in [-0.2, 0) is 6.42 Å². The molecule has 6 heteroatoms. The first-order chi connectivity index (χ1) is 12.8. The maximum Gasteiger partial charge on any atom is 0.211 e. The highest BCUT2D eigenvalue weighted by Gasteiger charge is 2.12. The largest absolute Gasteiger partial charge is 0.358 e. The third-order valence-corrected chi connectivity index (χ3v) is 4.93. The molecule has 2 aromatic heterocycles. The van der Waals surface area contributed by atoms with Gasteiger partial charge in [-0.2, -0.15) is 9.78 Å². The number of nitrogens with zero attached hydrogens (tertiary/aromatic N) is 4. The number of rotatable bonds is 5. The zero-order chi connectivity index (χ0) is 17.9. The van der Waals surface area contributed by atoms with E-state index in [1.165, 1.54) is 17.3 Å². The average molecular weight is 361 g/mol. The van der Waals surface area contributed by atoms with Crippen LogP contribution in [0.1, 0.15) is 22.6 Å². The average Bonchev–Trinajstić information content (AvgIpc) is 3.20. The number of aromatic nitrogens is 4. The number of aromatic amines is 1. The summed E-state index contributed by atoms with van der Waals surface area (Å²) in [5, 5.41) is 15.3. The van der Waals surface area contributed by atoms with Crippen molar-refractivity contribution in [2.24, 2.45) is 5.10 Å². The number of thioether (sulfide) groups is 1. The van der Waals surface area contributed by atoms with Crippen molar-refractivity contribution >= 4 is 28.9 Å². The van der Waals surface area contributed by atoms with Crippen molar-refractivity contribution in [1.29, 1.82) is 0 Å². The summed E-state index contributed by atoms with van der Waals surface area (Å²) in [6, 6.07) is 18.5. The lowest BCUT2D eigenvalue weighted by Gasteiger charge is -2.03. The Morgan fingerprint density at radius 3 is 2.65 bits per heavy atom. The molecule has 26 heavy (non-hydrogen) atoms. The molecule has 5 nitrogen and oxygen atoms in total. The van der Waals surface area contributed by atoms with Crippen molar-refractivity contribution in [3.05, 3.63) is 77.2 Å². The Hall–Kier alpha value is -2.86. The van der Waals surface area contributed by atoms with Crippen molar-refractivity contribution in [2.45, 2.75) is 18.5 Å². The molecular formula is C20H19N5S. The predicted molar refractivity (Wildman–Crippen MR) is 107 cm³/mol. The zero-order valence-corrected chi connectivity index (χ0v) is 15.5. The maximum atomic E-state index is 4.71. The van der Waals surface area contributed by atoms with E-state index in [9.17, 15) is 0 Å². The Balaban J connectivity index is 1.72. The van der Waals surface area contributed by atoms with E-state index in [1.807, 2.05) is 47.5 Å². The van der Waals surface area contributed by atoms with E-state index in [4.69, 9.17) is 5.10 Å². The molecule has 0 atom stereocenters. The molecule has 130 valence electrons. The number of hydrogen-bond donors (Lipinski definition) is 1. The quantitative estimate of drug-likeness (QED) is 0.427. The maximum absolute atomic E-state index is 4.71. The van der Waals surface area contributed by atoms with Gasteiger partial charge in [0.15, 0.2) is 5.82 Å². The van der Waals surface area contributed by atoms with Crippen LogP contribution in [0.25, 0.3) is 10.9 Å². The third kappa shape index (κ3) is 3.15. The van der Waals surface area contributed by atoms with Crippen LogP contribution >= 0.6 is 11.8 Å². The molecule has 0 fully saturated rings. The molecule has 0 amide bonds. The second kappa shape index (κ2) is 7.17. The summed E-state index contributed by atoms with van der Waals surface area (Å²) in [5.41, 5.74) is 4.49. The lowest BCUT2D eigenvalue weighted by molar-refractivity contribution is 0.730. The number of aryl methyl sites for hydroxylation is 1. The van der Waals surface area contributed by atoms with E-state index < -0.39 is 0 Å². The summed E-state index contributed by atoms with van der Waals surface area (Å²) in [7, 11) is 0. The van der Waals surface area contributed by atoms with Gasteiger partial charge in [-0.05, 0) is 24.8 Å². The molecule has 0 aliphatic carbocycles. The summed E-state index contributed by atoms with van der Waals surface area (Å²) in [5.74, 6) is 0.828. The topological polar surface area (TPSA) is 58.9 Å². The second-order valence-electron chi connectivity index (χ2n) is 6.03. The van der Waals surface area contributed by atoms with Gasteiger partial charge in [-0.3, -0.25) is 0 Å². The molecule has 0 aliphatic rings. The molecule has 4 aromatic rings. The van der Waals surface area contributed by atoms with Crippen LogP contribution in [0, 0.1) is 6.92 Å². The van der Waals surface area contributed by atoms with E-state index >= 15 is 0 Å². The van der Waals surface area contributed by atoms with Gasteiger partial charge >= 0.3 is 0 Å². The first-order valence-electron chi connectivity index (χ1n) is 8.40. The fraction of sp³-hybridized carbons (Fsp3) is 0.150. The van der Waals surface area contributed by atoms with Crippen molar-refractivity contribution in [3.63, 3.8) is 0 Å². The summed E-state index contributed by atoms with van der Waals surface area (Å²) in [4.78, 5) is 3.40. The fourth-order valence-corrected chi connectivity index (χ4v) is 3.46. The van der Waals surface area contributed by atoms with Gasteiger partial charge in [0.2, 0.25) is 5.16 Å². The Morgan fingerprint density at radius 2 is 1.85 bits per heavy atom. The lowest BCUT2D eigenvalue weighted by atomic mass is 10.1. The Bertz CT molecular complexity index is 1060. The number of H-pyrrole nitrogens is 1. The van der Waals surface area contributed by atoms with Crippen LogP contribution in [-0.4, -0.2) is 32.3 Å². The van der Waals surface area contributed by atoms with Crippen LogP contribution < -0.4 is 0 Å². The minimum Gasteiger partial charge on any atom is -0.358 e. The third-order valence-electron chi connectivity index (χ3n) is 4.31. The van der Waals surface area contributed by atoms with Gasteiger partial charge in [0.1, 0.15) is 0 Å². The van der Waals surface area contributed by atoms with Crippen molar-refractivity contribution < 1.29 is 0 Å². The summed E-state index contributed by atoms with van der Waals surface area (Å²) < 4.78 is 1.83. The van der Waals surface area contributed by atoms with Crippen molar-refractivity contribution in [3.8, 4) is 0 Å². The monoisotopic (exact) mass is 361 g/mol. The molecule has 0 spiro atoms. The second-order valence-corrected chi connectivity index (χ2v) is 6.80. The first kappa shape index (κ1) is 16.6. The van der Waals surface area contributed by atoms with Gasteiger partial charge < -0.3 is 4.98 Å². The summed E-state index contributed by atoms with van der Waals surface area (Å²) >= 11 is 1.54. The van der Waals surface area contributed by atoms with Gasteiger partial charge in [-0.1, -0.05) is 60.3 Å². The van der Waals surface area contributed by atoms with Gasteiger partial charge in [0.05, 0.1) is 6.21 Å².